The third-order valence-corrected chi connectivity index (χ3v) is 6.31. The van der Waals surface area contributed by atoms with Crippen molar-refractivity contribution in [2.75, 3.05) is 39.8 Å². The van der Waals surface area contributed by atoms with E-state index >= 15 is 0 Å². The molecule has 1 aromatic carbocycles. The second-order valence-electron chi connectivity index (χ2n) is 8.71. The Morgan fingerprint density at radius 2 is 1.91 bits per heavy atom. The lowest BCUT2D eigenvalue weighted by Gasteiger charge is -2.37. The summed E-state index contributed by atoms with van der Waals surface area (Å²) < 4.78 is 11.1. The van der Waals surface area contributed by atoms with Crippen LogP contribution in [0.4, 0.5) is 5.95 Å². The minimum atomic E-state index is 0.190. The van der Waals surface area contributed by atoms with E-state index in [1.54, 1.807) is 14.2 Å². The summed E-state index contributed by atoms with van der Waals surface area (Å²) in [4.78, 5) is 18.5. The number of pyridine rings is 1. The number of piperidine rings is 1. The molecule has 0 saturated carbocycles. The van der Waals surface area contributed by atoms with Gasteiger partial charge in [0.1, 0.15) is 11.5 Å². The van der Waals surface area contributed by atoms with Crippen LogP contribution in [-0.2, 0) is 6.54 Å². The molecule has 0 N–H and O–H groups in total. The molecule has 174 valence electrons. The smallest absolute Gasteiger partial charge is 0.225 e. The Morgan fingerprint density at radius 3 is 2.64 bits per heavy atom. The van der Waals surface area contributed by atoms with Crippen LogP contribution >= 0.6 is 0 Å². The molecule has 0 unspecified atom stereocenters. The van der Waals surface area contributed by atoms with Crippen LogP contribution < -0.4 is 14.4 Å². The lowest BCUT2D eigenvalue weighted by molar-refractivity contribution is 0.136. The second kappa shape index (κ2) is 10.2. The number of aromatic nitrogens is 3. The zero-order valence-electron chi connectivity index (χ0n) is 20.2. The molecule has 2 aromatic heterocycles. The largest absolute Gasteiger partial charge is 0.497 e. The van der Waals surface area contributed by atoms with Crippen LogP contribution in [0, 0.1) is 6.92 Å². The molecule has 4 rings (SSSR count). The molecule has 33 heavy (non-hydrogen) atoms. The first-order chi connectivity index (χ1) is 16.0. The number of hydrogen-bond acceptors (Lipinski definition) is 7. The Morgan fingerprint density at radius 1 is 1.06 bits per heavy atom. The van der Waals surface area contributed by atoms with E-state index in [1.807, 2.05) is 49.7 Å². The summed E-state index contributed by atoms with van der Waals surface area (Å²) >= 11 is 0. The van der Waals surface area contributed by atoms with Crippen LogP contribution in [0.3, 0.4) is 0 Å². The quantitative estimate of drug-likeness (QED) is 0.522. The van der Waals surface area contributed by atoms with Gasteiger partial charge in [0.05, 0.1) is 26.0 Å². The molecule has 0 spiro atoms. The number of ether oxygens (including phenoxy) is 2. The Labute approximate surface area is 196 Å². The van der Waals surface area contributed by atoms with Crippen molar-refractivity contribution in [1.82, 2.24) is 19.9 Å². The van der Waals surface area contributed by atoms with E-state index < -0.39 is 0 Å². The van der Waals surface area contributed by atoms with Crippen molar-refractivity contribution in [3.8, 4) is 22.6 Å². The molecule has 0 bridgehead atoms. The molecule has 3 heterocycles. The van der Waals surface area contributed by atoms with Crippen molar-refractivity contribution in [2.45, 2.75) is 38.8 Å². The molecule has 7 nitrogen and oxygen atoms in total. The Hall–Kier alpha value is -3.19. The van der Waals surface area contributed by atoms with E-state index in [9.17, 15) is 0 Å². The summed E-state index contributed by atoms with van der Waals surface area (Å²) in [5.74, 6) is 2.38. The highest BCUT2D eigenvalue weighted by molar-refractivity contribution is 5.69. The number of rotatable bonds is 7. The molecule has 0 amide bonds. The third kappa shape index (κ3) is 4.93. The van der Waals surface area contributed by atoms with Gasteiger partial charge in [-0.2, -0.15) is 0 Å². The first-order valence-corrected chi connectivity index (χ1v) is 11.4. The van der Waals surface area contributed by atoms with E-state index in [1.165, 1.54) is 12.8 Å². The monoisotopic (exact) mass is 447 g/mol. The molecule has 1 aliphatic heterocycles. The van der Waals surface area contributed by atoms with Gasteiger partial charge < -0.3 is 14.4 Å². The Kier molecular flexibility index (Phi) is 7.08. The minimum Gasteiger partial charge on any atom is -0.497 e. The number of methoxy groups -OCH3 is 2. The van der Waals surface area contributed by atoms with Gasteiger partial charge in [0.15, 0.2) is 0 Å². The second-order valence-corrected chi connectivity index (χ2v) is 8.71. The van der Waals surface area contributed by atoms with Crippen molar-refractivity contribution < 1.29 is 9.47 Å². The first-order valence-electron chi connectivity index (χ1n) is 11.4. The summed E-state index contributed by atoms with van der Waals surface area (Å²) in [5.41, 5.74) is 5.57. The maximum atomic E-state index is 5.68. The lowest BCUT2D eigenvalue weighted by Crippen LogP contribution is -2.34. The molecule has 1 atom stereocenters. The van der Waals surface area contributed by atoms with E-state index in [2.05, 4.69) is 33.9 Å². The Bertz CT molecular complexity index is 1100. The molecule has 1 fully saturated rings. The van der Waals surface area contributed by atoms with Gasteiger partial charge in [0, 0.05) is 56.4 Å². The zero-order chi connectivity index (χ0) is 23.4. The topological polar surface area (TPSA) is 63.6 Å². The third-order valence-electron chi connectivity index (χ3n) is 6.31. The maximum absolute atomic E-state index is 5.68. The van der Waals surface area contributed by atoms with Gasteiger partial charge >= 0.3 is 0 Å². The standard InChI is InChI=1S/C26H33N5O2/c1-18-15-27-12-11-21(18)22-16-28-26(30(2)3)29-25(22)23-8-6-7-13-31(23)17-19-9-10-20(32-4)14-24(19)33-5/h9-12,14-16,23H,6-8,13,17H2,1-5H3/t23-/m1/s1. The molecule has 7 heteroatoms. The van der Waals surface area contributed by atoms with E-state index in [4.69, 9.17) is 14.5 Å². The van der Waals surface area contributed by atoms with Gasteiger partial charge in [-0.1, -0.05) is 12.5 Å². The number of anilines is 1. The van der Waals surface area contributed by atoms with Gasteiger partial charge in [-0.3, -0.25) is 9.88 Å². The van der Waals surface area contributed by atoms with Crippen molar-refractivity contribution >= 4 is 5.95 Å². The fourth-order valence-electron chi connectivity index (χ4n) is 4.53. The SMILES string of the molecule is COc1ccc(CN2CCCC[C@@H]2c2nc(N(C)C)ncc2-c2ccncc2C)c(OC)c1. The van der Waals surface area contributed by atoms with E-state index in [0.717, 1.165) is 64.9 Å². The van der Waals surface area contributed by atoms with Crippen LogP contribution in [0.2, 0.25) is 0 Å². The van der Waals surface area contributed by atoms with Crippen molar-refractivity contribution in [3.63, 3.8) is 0 Å². The van der Waals surface area contributed by atoms with Crippen molar-refractivity contribution in [1.29, 1.82) is 0 Å². The van der Waals surface area contributed by atoms with Gasteiger partial charge in [0.2, 0.25) is 5.95 Å². The first kappa shape index (κ1) is 23.0. The van der Waals surface area contributed by atoms with Crippen LogP contribution in [-0.4, -0.2) is 54.7 Å². The predicted octanol–water partition coefficient (Wildman–Crippen LogP) is 4.66. The summed E-state index contributed by atoms with van der Waals surface area (Å²) in [5, 5.41) is 0. The van der Waals surface area contributed by atoms with Crippen molar-refractivity contribution in [2.24, 2.45) is 0 Å². The summed E-state index contributed by atoms with van der Waals surface area (Å²) in [6.45, 7) is 3.89. The number of hydrogen-bond donors (Lipinski definition) is 0. The molecule has 1 aliphatic rings. The zero-order valence-corrected chi connectivity index (χ0v) is 20.2. The maximum Gasteiger partial charge on any atom is 0.225 e. The molecule has 0 aliphatic carbocycles. The fraction of sp³-hybridized carbons (Fsp3) is 0.423. The fourth-order valence-corrected chi connectivity index (χ4v) is 4.53. The molecular formula is C26H33N5O2. The molecule has 0 radical (unpaired) electrons. The highest BCUT2D eigenvalue weighted by atomic mass is 16.5. The average molecular weight is 448 g/mol. The van der Waals surface area contributed by atoms with Gasteiger partial charge in [0.25, 0.3) is 0 Å². The summed E-state index contributed by atoms with van der Waals surface area (Å²) in [6.07, 6.45) is 9.12. The van der Waals surface area contributed by atoms with Gasteiger partial charge in [-0.15, -0.1) is 0 Å². The number of benzene rings is 1. The van der Waals surface area contributed by atoms with Crippen molar-refractivity contribution in [3.05, 3.63) is 59.7 Å². The van der Waals surface area contributed by atoms with E-state index in [0.29, 0.717) is 0 Å². The average Bonchev–Trinajstić information content (AvgIpc) is 2.84. The lowest BCUT2D eigenvalue weighted by atomic mass is 9.92. The van der Waals surface area contributed by atoms with E-state index in [-0.39, 0.29) is 6.04 Å². The highest BCUT2D eigenvalue weighted by Crippen LogP contribution is 2.39. The molecule has 1 saturated heterocycles. The molecular weight excluding hydrogens is 414 g/mol. The predicted molar refractivity (Wildman–Crippen MR) is 131 cm³/mol. The normalized spacial score (nSPS) is 16.5. The van der Waals surface area contributed by atoms with Gasteiger partial charge in [-0.05, 0) is 49.6 Å². The number of aryl methyl sites for hydroxylation is 1. The van der Waals surface area contributed by atoms with Crippen LogP contribution in [0.5, 0.6) is 11.5 Å². The van der Waals surface area contributed by atoms with Crippen LogP contribution in [0.25, 0.3) is 11.1 Å². The number of nitrogens with zero attached hydrogens (tertiary/aromatic N) is 5. The van der Waals surface area contributed by atoms with Gasteiger partial charge in [-0.25, -0.2) is 9.97 Å². The summed E-state index contributed by atoms with van der Waals surface area (Å²) in [6, 6.07) is 8.30. The highest BCUT2D eigenvalue weighted by Gasteiger charge is 2.29. The minimum absolute atomic E-state index is 0.190. The number of likely N-dealkylation sites (tertiary alicyclic amines) is 1. The van der Waals surface area contributed by atoms with Crippen LogP contribution in [0.15, 0.2) is 42.9 Å². The summed E-state index contributed by atoms with van der Waals surface area (Å²) in [7, 11) is 7.36. The van der Waals surface area contributed by atoms with Crippen LogP contribution in [0.1, 0.15) is 42.1 Å². The molecule has 3 aromatic rings. The Balaban J connectivity index is 1.76.